The molecule has 1 aromatic carbocycles. The van der Waals surface area contributed by atoms with Crippen LogP contribution in [0.3, 0.4) is 0 Å². The smallest absolute Gasteiger partial charge is 0.227 e. The molecule has 1 heterocycles. The normalized spacial score (nSPS) is 20.4. The zero-order chi connectivity index (χ0) is 13.1. The Balaban J connectivity index is 2.21. The van der Waals surface area contributed by atoms with Gasteiger partial charge in [-0.3, -0.25) is 4.79 Å². The molecule has 2 unspecified atom stereocenters. The van der Waals surface area contributed by atoms with Gasteiger partial charge >= 0.3 is 0 Å². The third-order valence-corrected chi connectivity index (χ3v) is 3.81. The number of para-hydroxylation sites is 1. The Morgan fingerprint density at radius 1 is 1.50 bits per heavy atom. The van der Waals surface area contributed by atoms with Crippen LogP contribution in [0.4, 0.5) is 5.69 Å². The fourth-order valence-corrected chi connectivity index (χ4v) is 2.40. The van der Waals surface area contributed by atoms with E-state index in [9.17, 15) is 4.79 Å². The summed E-state index contributed by atoms with van der Waals surface area (Å²) in [5.41, 5.74) is 8.20. The molecule has 98 valence electrons. The number of fused-ring (bicyclic) bond motifs is 1. The van der Waals surface area contributed by atoms with Crippen LogP contribution >= 0.6 is 0 Å². The second-order valence-electron chi connectivity index (χ2n) is 5.22. The molecule has 0 saturated heterocycles. The lowest BCUT2D eigenvalue weighted by Crippen LogP contribution is -2.38. The van der Waals surface area contributed by atoms with Crippen molar-refractivity contribution in [3.05, 3.63) is 29.8 Å². The van der Waals surface area contributed by atoms with E-state index in [1.807, 2.05) is 29.2 Å². The third kappa shape index (κ3) is 2.56. The topological polar surface area (TPSA) is 46.3 Å². The molecule has 0 aromatic heterocycles. The molecule has 1 amide bonds. The van der Waals surface area contributed by atoms with Gasteiger partial charge in [0.15, 0.2) is 0 Å². The van der Waals surface area contributed by atoms with Gasteiger partial charge in [0.1, 0.15) is 0 Å². The molecule has 0 aliphatic carbocycles. The van der Waals surface area contributed by atoms with Gasteiger partial charge in [0, 0.05) is 24.7 Å². The second kappa shape index (κ2) is 5.53. The van der Waals surface area contributed by atoms with Crippen LogP contribution in [0, 0.1) is 5.92 Å². The monoisotopic (exact) mass is 246 g/mol. The predicted octanol–water partition coefficient (Wildman–Crippen LogP) is 2.86. The van der Waals surface area contributed by atoms with E-state index in [4.69, 9.17) is 5.73 Å². The summed E-state index contributed by atoms with van der Waals surface area (Å²) in [7, 11) is 0. The number of nitrogens with zero attached hydrogens (tertiary/aromatic N) is 1. The lowest BCUT2D eigenvalue weighted by molar-refractivity contribution is -0.119. The number of anilines is 1. The van der Waals surface area contributed by atoms with Gasteiger partial charge < -0.3 is 10.6 Å². The molecule has 0 bridgehead atoms. The maximum absolute atomic E-state index is 12.3. The predicted molar refractivity (Wildman–Crippen MR) is 74.4 cm³/mol. The fraction of sp³-hybridized carbons (Fsp3) is 0.533. The number of hydrogen-bond acceptors (Lipinski definition) is 2. The second-order valence-corrected chi connectivity index (χ2v) is 5.22. The van der Waals surface area contributed by atoms with E-state index in [-0.39, 0.29) is 11.9 Å². The quantitative estimate of drug-likeness (QED) is 0.891. The summed E-state index contributed by atoms with van der Waals surface area (Å²) in [6.07, 6.45) is 2.52. The van der Waals surface area contributed by atoms with E-state index in [1.54, 1.807) is 0 Å². The number of benzene rings is 1. The molecule has 3 nitrogen and oxygen atoms in total. The van der Waals surface area contributed by atoms with Crippen molar-refractivity contribution in [1.82, 2.24) is 0 Å². The number of carbonyl (C=O) groups excluding carboxylic acids is 1. The van der Waals surface area contributed by atoms with Crippen LogP contribution in [0.15, 0.2) is 24.3 Å². The largest absolute Gasteiger partial charge is 0.324 e. The lowest BCUT2D eigenvalue weighted by Gasteiger charge is -2.33. The minimum atomic E-state index is 0.0637. The first-order chi connectivity index (χ1) is 8.63. The van der Waals surface area contributed by atoms with Crippen LogP contribution in [0.2, 0.25) is 0 Å². The van der Waals surface area contributed by atoms with Gasteiger partial charge in [0.25, 0.3) is 0 Å². The average molecular weight is 246 g/mol. The Hall–Kier alpha value is -1.35. The first-order valence-corrected chi connectivity index (χ1v) is 6.78. The van der Waals surface area contributed by atoms with E-state index in [2.05, 4.69) is 13.8 Å². The van der Waals surface area contributed by atoms with Gasteiger partial charge in [0.05, 0.1) is 0 Å². The van der Waals surface area contributed by atoms with Crippen molar-refractivity contribution in [3.63, 3.8) is 0 Å². The molecule has 1 aliphatic rings. The van der Waals surface area contributed by atoms with Crippen molar-refractivity contribution < 1.29 is 4.79 Å². The molecule has 18 heavy (non-hydrogen) atoms. The fourth-order valence-electron chi connectivity index (χ4n) is 2.40. The summed E-state index contributed by atoms with van der Waals surface area (Å²) < 4.78 is 0. The van der Waals surface area contributed by atoms with Crippen molar-refractivity contribution >= 4 is 11.6 Å². The zero-order valence-corrected chi connectivity index (χ0v) is 11.2. The first-order valence-electron chi connectivity index (χ1n) is 6.78. The van der Waals surface area contributed by atoms with E-state index in [0.717, 1.165) is 30.6 Å². The van der Waals surface area contributed by atoms with Crippen molar-refractivity contribution in [2.75, 3.05) is 11.4 Å². The van der Waals surface area contributed by atoms with Crippen molar-refractivity contribution in [2.45, 2.75) is 39.2 Å². The Bertz CT molecular complexity index is 430. The molecule has 0 radical (unpaired) electrons. The standard InChI is InChI=1S/C15H22N2O/c1-3-11(2)10-15(18)17-9-8-13(16)12-6-4-5-7-14(12)17/h4-7,11,13H,3,8-10,16H2,1-2H3. The Kier molecular flexibility index (Phi) is 4.02. The zero-order valence-electron chi connectivity index (χ0n) is 11.2. The highest BCUT2D eigenvalue weighted by Crippen LogP contribution is 2.32. The van der Waals surface area contributed by atoms with Gasteiger partial charge in [-0.2, -0.15) is 0 Å². The Labute approximate surface area is 109 Å². The highest BCUT2D eigenvalue weighted by molar-refractivity contribution is 5.94. The van der Waals surface area contributed by atoms with Crippen LogP contribution in [-0.4, -0.2) is 12.5 Å². The minimum absolute atomic E-state index is 0.0637. The van der Waals surface area contributed by atoms with Gasteiger partial charge in [0.2, 0.25) is 5.91 Å². The molecule has 1 aromatic rings. The van der Waals surface area contributed by atoms with Crippen molar-refractivity contribution in [3.8, 4) is 0 Å². The molecule has 2 atom stereocenters. The highest BCUT2D eigenvalue weighted by atomic mass is 16.2. The molecule has 0 saturated carbocycles. The summed E-state index contributed by atoms with van der Waals surface area (Å²) in [5.74, 6) is 0.670. The number of carbonyl (C=O) groups is 1. The molecule has 2 N–H and O–H groups in total. The molecule has 2 rings (SSSR count). The van der Waals surface area contributed by atoms with Crippen LogP contribution in [0.5, 0.6) is 0 Å². The van der Waals surface area contributed by atoms with E-state index >= 15 is 0 Å². The average Bonchev–Trinajstić information content (AvgIpc) is 2.39. The number of hydrogen-bond donors (Lipinski definition) is 1. The SMILES string of the molecule is CCC(C)CC(=O)N1CCC(N)c2ccccc21. The van der Waals surface area contributed by atoms with E-state index in [0.29, 0.717) is 12.3 Å². The maximum atomic E-state index is 12.3. The third-order valence-electron chi connectivity index (χ3n) is 3.81. The number of nitrogens with two attached hydrogens (primary N) is 1. The summed E-state index contributed by atoms with van der Waals surface area (Å²) >= 11 is 0. The van der Waals surface area contributed by atoms with Gasteiger partial charge in [-0.05, 0) is 24.0 Å². The summed E-state index contributed by atoms with van der Waals surface area (Å²) in [5, 5.41) is 0. The number of rotatable bonds is 3. The summed E-state index contributed by atoms with van der Waals surface area (Å²) in [6, 6.07) is 8.06. The molecule has 0 fully saturated rings. The van der Waals surface area contributed by atoms with Crippen LogP contribution in [0.1, 0.15) is 44.7 Å². The van der Waals surface area contributed by atoms with E-state index in [1.165, 1.54) is 0 Å². The first kappa shape index (κ1) is 13.1. The molecule has 1 aliphatic heterocycles. The highest BCUT2D eigenvalue weighted by Gasteiger charge is 2.26. The van der Waals surface area contributed by atoms with Gasteiger partial charge in [-0.25, -0.2) is 0 Å². The van der Waals surface area contributed by atoms with Crippen LogP contribution in [0.25, 0.3) is 0 Å². The molecule has 3 heteroatoms. The summed E-state index contributed by atoms with van der Waals surface area (Å²) in [4.78, 5) is 14.2. The van der Waals surface area contributed by atoms with Crippen molar-refractivity contribution in [2.24, 2.45) is 11.7 Å². The van der Waals surface area contributed by atoms with Crippen LogP contribution in [-0.2, 0) is 4.79 Å². The van der Waals surface area contributed by atoms with E-state index < -0.39 is 0 Å². The Morgan fingerprint density at radius 3 is 2.94 bits per heavy atom. The minimum Gasteiger partial charge on any atom is -0.324 e. The Morgan fingerprint density at radius 2 is 2.22 bits per heavy atom. The molecule has 0 spiro atoms. The maximum Gasteiger partial charge on any atom is 0.227 e. The number of amides is 1. The molecular formula is C15H22N2O. The lowest BCUT2D eigenvalue weighted by atomic mass is 9.96. The van der Waals surface area contributed by atoms with Gasteiger partial charge in [-0.15, -0.1) is 0 Å². The van der Waals surface area contributed by atoms with Gasteiger partial charge in [-0.1, -0.05) is 38.5 Å². The molecular weight excluding hydrogens is 224 g/mol. The van der Waals surface area contributed by atoms with Crippen molar-refractivity contribution in [1.29, 1.82) is 0 Å². The van der Waals surface area contributed by atoms with Crippen LogP contribution < -0.4 is 10.6 Å². The summed E-state index contributed by atoms with van der Waals surface area (Å²) in [6.45, 7) is 4.99.